The Balaban J connectivity index is 4.18. The van der Waals surface area contributed by atoms with E-state index in [0.29, 0.717) is 0 Å². The van der Waals surface area contributed by atoms with Crippen LogP contribution in [0, 0.1) is 0 Å². The SMILES string of the molecule is C=C/C=C\C(=C/C)CN(C=C)CCCC. The zero-order chi connectivity index (χ0) is 11.5. The van der Waals surface area contributed by atoms with E-state index < -0.39 is 0 Å². The second-order valence-corrected chi connectivity index (χ2v) is 3.47. The maximum Gasteiger partial charge on any atom is 0.0420 e. The van der Waals surface area contributed by atoms with Crippen LogP contribution in [-0.4, -0.2) is 18.0 Å². The molecular formula is C14H23N. The predicted molar refractivity (Wildman–Crippen MR) is 69.8 cm³/mol. The molecule has 0 heterocycles. The van der Waals surface area contributed by atoms with E-state index in [1.807, 2.05) is 12.3 Å². The number of allylic oxidation sites excluding steroid dienone is 3. The van der Waals surface area contributed by atoms with Gasteiger partial charge in [-0.25, -0.2) is 0 Å². The van der Waals surface area contributed by atoms with E-state index in [-0.39, 0.29) is 0 Å². The van der Waals surface area contributed by atoms with Crippen LogP contribution < -0.4 is 0 Å². The molecule has 84 valence electrons. The third-order valence-corrected chi connectivity index (χ3v) is 2.26. The summed E-state index contributed by atoms with van der Waals surface area (Å²) in [5.74, 6) is 0. The first-order valence-corrected chi connectivity index (χ1v) is 5.59. The summed E-state index contributed by atoms with van der Waals surface area (Å²) in [6, 6.07) is 0. The fraction of sp³-hybridized carbons (Fsp3) is 0.429. The molecule has 0 saturated heterocycles. The van der Waals surface area contributed by atoms with Crippen LogP contribution in [0.4, 0.5) is 0 Å². The molecule has 0 rings (SSSR count). The maximum absolute atomic E-state index is 3.84. The van der Waals surface area contributed by atoms with Crippen LogP contribution >= 0.6 is 0 Å². The van der Waals surface area contributed by atoms with E-state index in [2.05, 4.69) is 44.1 Å². The lowest BCUT2D eigenvalue weighted by Crippen LogP contribution is -2.20. The molecule has 0 bridgehead atoms. The van der Waals surface area contributed by atoms with Crippen molar-refractivity contribution in [3.05, 3.63) is 49.2 Å². The number of rotatable bonds is 8. The first-order valence-electron chi connectivity index (χ1n) is 5.59. The fourth-order valence-corrected chi connectivity index (χ4v) is 1.26. The van der Waals surface area contributed by atoms with Gasteiger partial charge in [0.05, 0.1) is 0 Å². The van der Waals surface area contributed by atoms with Crippen LogP contribution in [-0.2, 0) is 0 Å². The summed E-state index contributed by atoms with van der Waals surface area (Å²) in [4.78, 5) is 2.24. The van der Waals surface area contributed by atoms with Gasteiger partial charge in [-0.15, -0.1) is 0 Å². The van der Waals surface area contributed by atoms with Crippen LogP contribution in [0.3, 0.4) is 0 Å². The summed E-state index contributed by atoms with van der Waals surface area (Å²) < 4.78 is 0. The summed E-state index contributed by atoms with van der Waals surface area (Å²) in [6.07, 6.45) is 12.3. The van der Waals surface area contributed by atoms with E-state index in [0.717, 1.165) is 13.1 Å². The van der Waals surface area contributed by atoms with E-state index in [1.165, 1.54) is 18.4 Å². The molecular weight excluding hydrogens is 182 g/mol. The molecule has 0 aliphatic rings. The molecule has 1 nitrogen and oxygen atoms in total. The number of unbranched alkanes of at least 4 members (excludes halogenated alkanes) is 1. The molecule has 0 amide bonds. The van der Waals surface area contributed by atoms with Crippen molar-refractivity contribution in [2.24, 2.45) is 0 Å². The summed E-state index contributed by atoms with van der Waals surface area (Å²) in [5.41, 5.74) is 1.30. The zero-order valence-electron chi connectivity index (χ0n) is 10.1. The third-order valence-electron chi connectivity index (χ3n) is 2.26. The van der Waals surface area contributed by atoms with Gasteiger partial charge in [-0.05, 0) is 25.1 Å². The average molecular weight is 205 g/mol. The van der Waals surface area contributed by atoms with Gasteiger partial charge in [0.2, 0.25) is 0 Å². The lowest BCUT2D eigenvalue weighted by molar-refractivity contribution is 0.399. The Morgan fingerprint density at radius 2 is 2.07 bits per heavy atom. The van der Waals surface area contributed by atoms with Crippen molar-refractivity contribution in [3.63, 3.8) is 0 Å². The third kappa shape index (κ3) is 6.78. The first kappa shape index (κ1) is 13.8. The first-order chi connectivity index (χ1) is 7.28. The Kier molecular flexibility index (Phi) is 8.55. The minimum absolute atomic E-state index is 0.935. The van der Waals surface area contributed by atoms with Gasteiger partial charge >= 0.3 is 0 Å². The van der Waals surface area contributed by atoms with E-state index in [1.54, 1.807) is 6.08 Å². The topological polar surface area (TPSA) is 3.24 Å². The Morgan fingerprint density at radius 1 is 1.33 bits per heavy atom. The molecule has 0 aromatic carbocycles. The summed E-state index contributed by atoms with van der Waals surface area (Å²) >= 11 is 0. The second kappa shape index (κ2) is 9.32. The van der Waals surface area contributed by atoms with Gasteiger partial charge in [0.15, 0.2) is 0 Å². The molecule has 0 spiro atoms. The number of hydrogen-bond donors (Lipinski definition) is 0. The highest BCUT2D eigenvalue weighted by Gasteiger charge is 1.99. The Morgan fingerprint density at radius 3 is 2.53 bits per heavy atom. The van der Waals surface area contributed by atoms with Crippen molar-refractivity contribution in [2.45, 2.75) is 26.7 Å². The highest BCUT2D eigenvalue weighted by Crippen LogP contribution is 2.04. The molecule has 0 saturated carbocycles. The summed E-state index contributed by atoms with van der Waals surface area (Å²) in [5, 5.41) is 0. The van der Waals surface area contributed by atoms with E-state index in [4.69, 9.17) is 0 Å². The Labute approximate surface area is 94.5 Å². The molecule has 0 radical (unpaired) electrons. The van der Waals surface area contributed by atoms with Gasteiger partial charge < -0.3 is 4.90 Å². The molecule has 15 heavy (non-hydrogen) atoms. The monoisotopic (exact) mass is 205 g/mol. The minimum Gasteiger partial charge on any atom is -0.374 e. The molecule has 0 unspecified atom stereocenters. The van der Waals surface area contributed by atoms with Crippen molar-refractivity contribution in [1.29, 1.82) is 0 Å². The quantitative estimate of drug-likeness (QED) is 0.543. The van der Waals surface area contributed by atoms with Gasteiger partial charge in [0.1, 0.15) is 0 Å². The molecule has 0 aliphatic carbocycles. The maximum atomic E-state index is 3.84. The van der Waals surface area contributed by atoms with E-state index in [9.17, 15) is 0 Å². The molecule has 0 aromatic heterocycles. The molecule has 1 heteroatoms. The number of hydrogen-bond acceptors (Lipinski definition) is 1. The van der Waals surface area contributed by atoms with Crippen molar-refractivity contribution < 1.29 is 0 Å². The minimum atomic E-state index is 0.935. The van der Waals surface area contributed by atoms with Crippen LogP contribution in [0.25, 0.3) is 0 Å². The van der Waals surface area contributed by atoms with Gasteiger partial charge in [0, 0.05) is 13.1 Å². The normalized spacial score (nSPS) is 11.7. The predicted octanol–water partition coefficient (Wildman–Crippen LogP) is 3.92. The van der Waals surface area contributed by atoms with Crippen molar-refractivity contribution >= 4 is 0 Å². The zero-order valence-corrected chi connectivity index (χ0v) is 10.1. The Bertz CT molecular complexity index is 236. The van der Waals surface area contributed by atoms with Crippen molar-refractivity contribution in [2.75, 3.05) is 13.1 Å². The highest BCUT2D eigenvalue weighted by molar-refractivity contribution is 5.22. The summed E-state index contributed by atoms with van der Waals surface area (Å²) in [7, 11) is 0. The average Bonchev–Trinajstić information content (AvgIpc) is 2.28. The van der Waals surface area contributed by atoms with Gasteiger partial charge in [0.25, 0.3) is 0 Å². The van der Waals surface area contributed by atoms with Crippen LogP contribution in [0.2, 0.25) is 0 Å². The lowest BCUT2D eigenvalue weighted by atomic mass is 10.2. The fourth-order valence-electron chi connectivity index (χ4n) is 1.26. The molecule has 0 fully saturated rings. The van der Waals surface area contributed by atoms with Crippen LogP contribution in [0.1, 0.15) is 26.7 Å². The lowest BCUT2D eigenvalue weighted by Gasteiger charge is -2.20. The van der Waals surface area contributed by atoms with E-state index >= 15 is 0 Å². The van der Waals surface area contributed by atoms with Crippen molar-refractivity contribution in [3.8, 4) is 0 Å². The van der Waals surface area contributed by atoms with Gasteiger partial charge in [-0.3, -0.25) is 0 Å². The summed E-state index contributed by atoms with van der Waals surface area (Å²) in [6.45, 7) is 13.8. The van der Waals surface area contributed by atoms with Crippen LogP contribution in [0.15, 0.2) is 49.2 Å². The molecule has 0 aliphatic heterocycles. The molecule has 0 N–H and O–H groups in total. The smallest absolute Gasteiger partial charge is 0.0420 e. The van der Waals surface area contributed by atoms with Gasteiger partial charge in [-0.1, -0.05) is 50.8 Å². The van der Waals surface area contributed by atoms with Gasteiger partial charge in [-0.2, -0.15) is 0 Å². The van der Waals surface area contributed by atoms with Crippen molar-refractivity contribution in [1.82, 2.24) is 4.90 Å². The number of nitrogens with zero attached hydrogens (tertiary/aromatic N) is 1. The highest BCUT2D eigenvalue weighted by atomic mass is 15.1. The standard InChI is InChI=1S/C14H23N/c1-5-9-11-14(7-3)13-15(8-4)12-10-6-2/h5,7-9,11H,1,4,6,10,12-13H2,2-3H3/b11-9-,14-7+. The largest absolute Gasteiger partial charge is 0.374 e. The molecule has 0 aromatic rings. The Hall–Kier alpha value is -1.24. The second-order valence-electron chi connectivity index (χ2n) is 3.47. The molecule has 0 atom stereocenters. The van der Waals surface area contributed by atoms with Crippen LogP contribution in [0.5, 0.6) is 0 Å².